The molecule has 164 valence electrons. The van der Waals surface area contributed by atoms with E-state index in [9.17, 15) is 19.7 Å². The summed E-state index contributed by atoms with van der Waals surface area (Å²) in [7, 11) is 1.37. The highest BCUT2D eigenvalue weighted by Crippen LogP contribution is 2.28. The van der Waals surface area contributed by atoms with Crippen LogP contribution in [0.5, 0.6) is 11.5 Å². The molecule has 0 unspecified atom stereocenters. The fourth-order valence-electron chi connectivity index (χ4n) is 2.81. The molecule has 32 heavy (non-hydrogen) atoms. The number of carbonyl (C=O) groups excluding carboxylic acids is 2. The number of methoxy groups -OCH3 is 1. The van der Waals surface area contributed by atoms with Crippen molar-refractivity contribution < 1.29 is 28.7 Å². The molecule has 0 aliphatic carbocycles. The molecular weight excluding hydrogens is 416 g/mol. The van der Waals surface area contributed by atoms with Crippen LogP contribution in [-0.4, -0.2) is 30.5 Å². The van der Waals surface area contributed by atoms with Crippen LogP contribution in [0.4, 0.5) is 11.4 Å². The highest BCUT2D eigenvalue weighted by Gasteiger charge is 2.19. The fraction of sp³-hybridized carbons (Fsp3) is 0.130. The van der Waals surface area contributed by atoms with Crippen LogP contribution in [0.3, 0.4) is 0 Å². The summed E-state index contributed by atoms with van der Waals surface area (Å²) in [5, 5.41) is 13.6. The number of nitrogens with zero attached hydrogens (tertiary/aromatic N) is 1. The highest BCUT2D eigenvalue weighted by atomic mass is 16.6. The van der Waals surface area contributed by atoms with E-state index in [1.807, 2.05) is 18.2 Å². The summed E-state index contributed by atoms with van der Waals surface area (Å²) >= 11 is 0. The summed E-state index contributed by atoms with van der Waals surface area (Å²) in [5.74, 6) is -0.507. The molecule has 0 radical (unpaired) electrons. The summed E-state index contributed by atoms with van der Waals surface area (Å²) in [5.41, 5.74) is 0.472. The lowest BCUT2D eigenvalue weighted by Crippen LogP contribution is -2.22. The summed E-state index contributed by atoms with van der Waals surface area (Å²) in [6.07, 6.45) is 0. The molecule has 3 aromatic rings. The number of para-hydroxylation sites is 1. The Kier molecular flexibility index (Phi) is 7.37. The quantitative estimate of drug-likeness (QED) is 0.306. The van der Waals surface area contributed by atoms with Gasteiger partial charge >= 0.3 is 5.97 Å². The average molecular weight is 436 g/mol. The molecule has 0 saturated heterocycles. The zero-order valence-electron chi connectivity index (χ0n) is 17.1. The lowest BCUT2D eigenvalue weighted by molar-refractivity contribution is -0.384. The molecular formula is C23H20N2O7. The number of ether oxygens (including phenoxy) is 3. The SMILES string of the molecule is COc1ccc(NC(=O)COC(=O)c2ccccc2COc2ccccc2)c([N+](=O)[O-])c1. The minimum atomic E-state index is -0.718. The van der Waals surface area contributed by atoms with Crippen LogP contribution in [0, 0.1) is 10.1 Å². The Morgan fingerprint density at radius 2 is 1.69 bits per heavy atom. The lowest BCUT2D eigenvalue weighted by atomic mass is 10.1. The molecule has 3 rings (SSSR count). The number of carbonyl (C=O) groups is 2. The van der Waals surface area contributed by atoms with Gasteiger partial charge in [0.05, 0.1) is 23.7 Å². The van der Waals surface area contributed by atoms with E-state index in [1.165, 1.54) is 25.3 Å². The first-order valence-electron chi connectivity index (χ1n) is 9.53. The first kappa shape index (κ1) is 22.3. The Morgan fingerprint density at radius 1 is 0.969 bits per heavy atom. The van der Waals surface area contributed by atoms with E-state index in [2.05, 4.69) is 5.32 Å². The van der Waals surface area contributed by atoms with Gasteiger partial charge in [0.2, 0.25) is 0 Å². The van der Waals surface area contributed by atoms with Crippen LogP contribution in [0.1, 0.15) is 15.9 Å². The smallest absolute Gasteiger partial charge is 0.339 e. The zero-order valence-corrected chi connectivity index (χ0v) is 17.1. The molecule has 0 aliphatic rings. The van der Waals surface area contributed by atoms with Crippen LogP contribution in [0.25, 0.3) is 0 Å². The van der Waals surface area contributed by atoms with E-state index < -0.39 is 23.4 Å². The van der Waals surface area contributed by atoms with Crippen molar-refractivity contribution >= 4 is 23.3 Å². The topological polar surface area (TPSA) is 117 Å². The molecule has 0 heterocycles. The summed E-state index contributed by atoms with van der Waals surface area (Å²) in [6, 6.07) is 19.8. The fourth-order valence-corrected chi connectivity index (χ4v) is 2.81. The van der Waals surface area contributed by atoms with Crippen molar-refractivity contribution in [1.29, 1.82) is 0 Å². The van der Waals surface area contributed by atoms with E-state index in [-0.39, 0.29) is 29.3 Å². The van der Waals surface area contributed by atoms with Crippen LogP contribution in [0.2, 0.25) is 0 Å². The number of nitro benzene ring substituents is 1. The van der Waals surface area contributed by atoms with Gasteiger partial charge in [-0.3, -0.25) is 14.9 Å². The van der Waals surface area contributed by atoms with Crippen molar-refractivity contribution in [3.8, 4) is 11.5 Å². The van der Waals surface area contributed by atoms with Gasteiger partial charge in [0, 0.05) is 5.56 Å². The number of anilines is 1. The van der Waals surface area contributed by atoms with Gasteiger partial charge in [0.1, 0.15) is 23.8 Å². The second-order valence-corrected chi connectivity index (χ2v) is 6.52. The predicted octanol–water partition coefficient (Wildman–Crippen LogP) is 3.98. The summed E-state index contributed by atoms with van der Waals surface area (Å²) < 4.78 is 15.7. The van der Waals surface area contributed by atoms with E-state index >= 15 is 0 Å². The van der Waals surface area contributed by atoms with Crippen LogP contribution >= 0.6 is 0 Å². The van der Waals surface area contributed by atoms with Gasteiger partial charge in [-0.2, -0.15) is 0 Å². The van der Waals surface area contributed by atoms with Gasteiger partial charge in [-0.1, -0.05) is 36.4 Å². The zero-order chi connectivity index (χ0) is 22.9. The number of hydrogen-bond donors (Lipinski definition) is 1. The first-order chi connectivity index (χ1) is 15.5. The van der Waals surface area contributed by atoms with Crippen molar-refractivity contribution in [3.63, 3.8) is 0 Å². The maximum absolute atomic E-state index is 12.5. The minimum absolute atomic E-state index is 0.0338. The largest absolute Gasteiger partial charge is 0.496 e. The Labute approximate surface area is 183 Å². The molecule has 0 spiro atoms. The molecule has 1 amide bonds. The first-order valence-corrected chi connectivity index (χ1v) is 9.53. The molecule has 0 bridgehead atoms. The number of nitro groups is 1. The van der Waals surface area contributed by atoms with Crippen molar-refractivity contribution in [2.45, 2.75) is 6.61 Å². The van der Waals surface area contributed by atoms with Crippen molar-refractivity contribution in [2.75, 3.05) is 19.0 Å². The third kappa shape index (κ3) is 5.82. The van der Waals surface area contributed by atoms with Gasteiger partial charge < -0.3 is 19.5 Å². The molecule has 9 nitrogen and oxygen atoms in total. The number of rotatable bonds is 9. The second-order valence-electron chi connectivity index (χ2n) is 6.52. The average Bonchev–Trinajstić information content (AvgIpc) is 2.82. The molecule has 9 heteroatoms. The monoisotopic (exact) mass is 436 g/mol. The van der Waals surface area contributed by atoms with Gasteiger partial charge in [-0.25, -0.2) is 4.79 Å². The molecule has 0 aliphatic heterocycles. The van der Waals surface area contributed by atoms with Gasteiger partial charge in [-0.15, -0.1) is 0 Å². The highest BCUT2D eigenvalue weighted by molar-refractivity contribution is 5.97. The third-order valence-electron chi connectivity index (χ3n) is 4.38. The normalized spacial score (nSPS) is 10.2. The van der Waals surface area contributed by atoms with Crippen molar-refractivity contribution in [2.24, 2.45) is 0 Å². The van der Waals surface area contributed by atoms with E-state index in [0.717, 1.165) is 0 Å². The third-order valence-corrected chi connectivity index (χ3v) is 4.38. The molecule has 3 aromatic carbocycles. The van der Waals surface area contributed by atoms with Crippen molar-refractivity contribution in [1.82, 2.24) is 0 Å². The Balaban J connectivity index is 1.61. The van der Waals surface area contributed by atoms with E-state index in [4.69, 9.17) is 14.2 Å². The molecule has 0 aromatic heterocycles. The lowest BCUT2D eigenvalue weighted by Gasteiger charge is -2.11. The summed E-state index contributed by atoms with van der Waals surface area (Å²) in [4.78, 5) is 35.3. The predicted molar refractivity (Wildman–Crippen MR) is 116 cm³/mol. The number of nitrogens with one attached hydrogen (secondary N) is 1. The Morgan fingerprint density at radius 3 is 2.41 bits per heavy atom. The number of esters is 1. The van der Waals surface area contributed by atoms with Gasteiger partial charge in [0.25, 0.3) is 11.6 Å². The molecule has 1 N–H and O–H groups in total. The second kappa shape index (κ2) is 10.6. The number of benzene rings is 3. The summed E-state index contributed by atoms with van der Waals surface area (Å²) in [6.45, 7) is -0.477. The number of amides is 1. The van der Waals surface area contributed by atoms with Crippen LogP contribution in [0.15, 0.2) is 72.8 Å². The Bertz CT molecular complexity index is 1120. The maximum Gasteiger partial charge on any atom is 0.339 e. The minimum Gasteiger partial charge on any atom is -0.496 e. The number of hydrogen-bond acceptors (Lipinski definition) is 7. The van der Waals surface area contributed by atoms with E-state index in [0.29, 0.717) is 11.3 Å². The molecule has 0 saturated carbocycles. The van der Waals surface area contributed by atoms with Gasteiger partial charge in [0.15, 0.2) is 6.61 Å². The van der Waals surface area contributed by atoms with E-state index in [1.54, 1.807) is 36.4 Å². The molecule has 0 fully saturated rings. The van der Waals surface area contributed by atoms with Crippen LogP contribution < -0.4 is 14.8 Å². The standard InChI is InChI=1S/C23H20N2O7/c1-30-18-11-12-20(21(13-18)25(28)29)24-22(26)15-32-23(27)19-10-6-5-7-16(19)14-31-17-8-3-2-4-9-17/h2-13H,14-15H2,1H3,(H,24,26). The Hall–Kier alpha value is -4.40. The molecule has 0 atom stereocenters. The van der Waals surface area contributed by atoms with Crippen molar-refractivity contribution in [3.05, 3.63) is 94.0 Å². The van der Waals surface area contributed by atoms with Crippen LogP contribution in [-0.2, 0) is 16.1 Å². The maximum atomic E-state index is 12.5. The van der Waals surface area contributed by atoms with Gasteiger partial charge in [-0.05, 0) is 30.3 Å².